The summed E-state index contributed by atoms with van der Waals surface area (Å²) in [6, 6.07) is 7.15. The van der Waals surface area contributed by atoms with Crippen LogP contribution in [0.5, 0.6) is 0 Å². The van der Waals surface area contributed by atoms with Crippen LogP contribution in [0.3, 0.4) is 0 Å². The van der Waals surface area contributed by atoms with Gasteiger partial charge in [0.2, 0.25) is 0 Å². The number of ether oxygens (including phenoxy) is 1. The first-order valence-corrected chi connectivity index (χ1v) is 10.4. The highest BCUT2D eigenvalue weighted by Gasteiger charge is 2.25. The largest absolute Gasteiger partial charge is 0.462 e. The predicted molar refractivity (Wildman–Crippen MR) is 113 cm³/mol. The van der Waals surface area contributed by atoms with Crippen LogP contribution in [-0.2, 0) is 11.3 Å². The molecule has 8 heteroatoms. The number of para-hydroxylation sites is 1. The van der Waals surface area contributed by atoms with Gasteiger partial charge in [-0.15, -0.1) is 0 Å². The lowest BCUT2D eigenvalue weighted by Gasteiger charge is -2.11. The Labute approximate surface area is 172 Å². The summed E-state index contributed by atoms with van der Waals surface area (Å²) in [7, 11) is 0. The average molecular weight is 413 g/mol. The molecule has 0 amide bonds. The van der Waals surface area contributed by atoms with Crippen molar-refractivity contribution in [2.24, 2.45) is 0 Å². The number of benzene rings is 1. The maximum absolute atomic E-state index is 13.0. The third-order valence-electron chi connectivity index (χ3n) is 4.61. The monoisotopic (exact) mass is 413 g/mol. The molecule has 0 fully saturated rings. The predicted octanol–water partition coefficient (Wildman–Crippen LogP) is 3.51. The second kappa shape index (κ2) is 8.65. The number of carbonyl (C=O) groups is 2. The van der Waals surface area contributed by atoms with Gasteiger partial charge in [0, 0.05) is 17.9 Å². The van der Waals surface area contributed by atoms with Gasteiger partial charge in [-0.25, -0.2) is 9.78 Å². The maximum atomic E-state index is 13.0. The zero-order valence-electron chi connectivity index (χ0n) is 16.9. The number of aromatic amines is 1. The number of esters is 1. The number of carbonyl (C=O) groups excluding carboxylic acids is 2. The molecule has 0 unspecified atom stereocenters. The Morgan fingerprint density at radius 3 is 2.52 bits per heavy atom. The number of nitrogens with zero attached hydrogens (tertiary/aromatic N) is 2. The van der Waals surface area contributed by atoms with E-state index in [1.54, 1.807) is 43.5 Å². The van der Waals surface area contributed by atoms with Crippen LogP contribution in [0.2, 0.25) is 0 Å². The number of Topliss-reactive ketones (excluding diaryl/α,β-unsaturated/α-hetero) is 1. The third kappa shape index (κ3) is 3.98. The Hall–Kier alpha value is -2.87. The van der Waals surface area contributed by atoms with Crippen LogP contribution in [0, 0.1) is 13.8 Å². The zero-order valence-corrected chi connectivity index (χ0v) is 17.7. The van der Waals surface area contributed by atoms with Crippen LogP contribution in [-0.4, -0.2) is 38.6 Å². The SMILES string of the molecule is CCOC(=O)c1c(C)[nH]c(C)c1C(=O)CSc1nc2ccccc2c(=O)n1CC. The van der Waals surface area contributed by atoms with E-state index < -0.39 is 5.97 Å². The number of aryl methyl sites for hydroxylation is 2. The third-order valence-corrected chi connectivity index (χ3v) is 5.58. The molecule has 0 aliphatic heterocycles. The van der Waals surface area contributed by atoms with Gasteiger partial charge in [0.05, 0.1) is 34.4 Å². The van der Waals surface area contributed by atoms with Crippen molar-refractivity contribution in [3.63, 3.8) is 0 Å². The minimum Gasteiger partial charge on any atom is -0.462 e. The lowest BCUT2D eigenvalue weighted by Crippen LogP contribution is -2.23. The number of aromatic nitrogens is 3. The number of hydrogen-bond donors (Lipinski definition) is 1. The molecule has 2 heterocycles. The zero-order chi connectivity index (χ0) is 21.1. The van der Waals surface area contributed by atoms with E-state index in [1.807, 2.05) is 13.0 Å². The van der Waals surface area contributed by atoms with E-state index in [0.717, 1.165) is 0 Å². The van der Waals surface area contributed by atoms with Gasteiger partial charge in [-0.3, -0.25) is 14.2 Å². The summed E-state index contributed by atoms with van der Waals surface area (Å²) in [5, 5.41) is 1.03. The highest BCUT2D eigenvalue weighted by atomic mass is 32.2. The van der Waals surface area contributed by atoms with Crippen molar-refractivity contribution < 1.29 is 14.3 Å². The van der Waals surface area contributed by atoms with Crippen LogP contribution >= 0.6 is 11.8 Å². The van der Waals surface area contributed by atoms with Crippen molar-refractivity contribution in [2.75, 3.05) is 12.4 Å². The number of thioether (sulfide) groups is 1. The fourth-order valence-electron chi connectivity index (χ4n) is 3.33. The van der Waals surface area contributed by atoms with Gasteiger partial charge in [-0.1, -0.05) is 23.9 Å². The second-order valence-corrected chi connectivity index (χ2v) is 7.46. The first-order valence-electron chi connectivity index (χ1n) is 9.40. The van der Waals surface area contributed by atoms with E-state index in [0.29, 0.717) is 39.6 Å². The van der Waals surface area contributed by atoms with Crippen LogP contribution in [0.1, 0.15) is 46.0 Å². The molecule has 2 aromatic heterocycles. The van der Waals surface area contributed by atoms with Crippen molar-refractivity contribution in [3.8, 4) is 0 Å². The number of ketones is 1. The summed E-state index contributed by atoms with van der Waals surface area (Å²) >= 11 is 1.19. The fourth-order valence-corrected chi connectivity index (χ4v) is 4.26. The smallest absolute Gasteiger partial charge is 0.340 e. The molecule has 0 radical (unpaired) electrons. The van der Waals surface area contributed by atoms with E-state index in [2.05, 4.69) is 9.97 Å². The van der Waals surface area contributed by atoms with Gasteiger partial charge in [-0.2, -0.15) is 0 Å². The summed E-state index contributed by atoms with van der Waals surface area (Å²) in [6.07, 6.45) is 0. The average Bonchev–Trinajstić information content (AvgIpc) is 3.00. The number of hydrogen-bond acceptors (Lipinski definition) is 6. The number of nitrogens with one attached hydrogen (secondary N) is 1. The Morgan fingerprint density at radius 2 is 1.83 bits per heavy atom. The van der Waals surface area contributed by atoms with Gasteiger partial charge < -0.3 is 9.72 Å². The number of fused-ring (bicyclic) bond motifs is 1. The van der Waals surface area contributed by atoms with Crippen molar-refractivity contribution in [2.45, 2.75) is 39.4 Å². The van der Waals surface area contributed by atoms with Crippen LogP contribution in [0.15, 0.2) is 34.2 Å². The molecule has 0 saturated heterocycles. The molecule has 152 valence electrons. The summed E-state index contributed by atoms with van der Waals surface area (Å²) in [5.41, 5.74) is 2.29. The van der Waals surface area contributed by atoms with Crippen molar-refractivity contribution in [1.82, 2.24) is 14.5 Å². The van der Waals surface area contributed by atoms with Crippen molar-refractivity contribution >= 4 is 34.4 Å². The molecule has 0 aliphatic rings. The molecule has 3 aromatic rings. The van der Waals surface area contributed by atoms with Gasteiger partial charge >= 0.3 is 5.97 Å². The Kier molecular flexibility index (Phi) is 6.22. The summed E-state index contributed by atoms with van der Waals surface area (Å²) < 4.78 is 6.66. The van der Waals surface area contributed by atoms with E-state index in [1.165, 1.54) is 11.8 Å². The Morgan fingerprint density at radius 1 is 1.14 bits per heavy atom. The summed E-state index contributed by atoms with van der Waals surface area (Å²) in [4.78, 5) is 45.6. The van der Waals surface area contributed by atoms with Crippen LogP contribution < -0.4 is 5.56 Å². The van der Waals surface area contributed by atoms with Crippen LogP contribution in [0.25, 0.3) is 10.9 Å². The lowest BCUT2D eigenvalue weighted by molar-refractivity contribution is 0.0522. The molecule has 0 aliphatic carbocycles. The fraction of sp³-hybridized carbons (Fsp3) is 0.333. The normalized spacial score (nSPS) is 11.0. The molecule has 0 bridgehead atoms. The lowest BCUT2D eigenvalue weighted by atomic mass is 10.1. The van der Waals surface area contributed by atoms with E-state index in [9.17, 15) is 14.4 Å². The molecule has 0 spiro atoms. The molecule has 1 aromatic carbocycles. The summed E-state index contributed by atoms with van der Waals surface area (Å²) in [5.74, 6) is -0.683. The Bertz CT molecular complexity index is 1150. The van der Waals surface area contributed by atoms with Crippen molar-refractivity contribution in [3.05, 3.63) is 57.1 Å². The number of H-pyrrole nitrogens is 1. The highest BCUT2D eigenvalue weighted by molar-refractivity contribution is 7.99. The quantitative estimate of drug-likeness (QED) is 0.276. The minimum absolute atomic E-state index is 0.0509. The maximum Gasteiger partial charge on any atom is 0.340 e. The minimum atomic E-state index is -0.517. The first-order chi connectivity index (χ1) is 13.9. The van der Waals surface area contributed by atoms with E-state index in [4.69, 9.17) is 4.74 Å². The van der Waals surface area contributed by atoms with Crippen LogP contribution in [0.4, 0.5) is 0 Å². The molecule has 29 heavy (non-hydrogen) atoms. The second-order valence-electron chi connectivity index (χ2n) is 6.52. The topological polar surface area (TPSA) is 94.1 Å². The molecule has 7 nitrogen and oxygen atoms in total. The standard InChI is InChI=1S/C21H23N3O4S/c1-5-24-19(26)14-9-7-8-10-15(14)23-21(24)29-11-16(25)17-12(3)22-13(4)18(17)20(27)28-6-2/h7-10,22H,5-6,11H2,1-4H3. The first kappa shape index (κ1) is 20.9. The van der Waals surface area contributed by atoms with Gasteiger partial charge in [0.15, 0.2) is 10.9 Å². The van der Waals surface area contributed by atoms with E-state index >= 15 is 0 Å². The molecule has 0 atom stereocenters. The van der Waals surface area contributed by atoms with Gasteiger partial charge in [0.1, 0.15) is 0 Å². The van der Waals surface area contributed by atoms with Crippen molar-refractivity contribution in [1.29, 1.82) is 0 Å². The summed E-state index contributed by atoms with van der Waals surface area (Å²) in [6.45, 7) is 7.76. The molecule has 0 saturated carbocycles. The molecule has 3 rings (SSSR count). The van der Waals surface area contributed by atoms with E-state index in [-0.39, 0.29) is 29.3 Å². The van der Waals surface area contributed by atoms with Gasteiger partial charge in [0.25, 0.3) is 5.56 Å². The highest BCUT2D eigenvalue weighted by Crippen LogP contribution is 2.24. The van der Waals surface area contributed by atoms with Gasteiger partial charge in [-0.05, 0) is 39.8 Å². The molecular formula is C21H23N3O4S. The molecular weight excluding hydrogens is 390 g/mol. The number of rotatable bonds is 7. The Balaban J connectivity index is 1.93. The molecule has 1 N–H and O–H groups in total.